The van der Waals surface area contributed by atoms with E-state index in [0.29, 0.717) is 12.2 Å². The molecule has 0 bridgehead atoms. The maximum atomic E-state index is 12.0. The summed E-state index contributed by atoms with van der Waals surface area (Å²) < 4.78 is 4.66. The molecule has 0 fully saturated rings. The van der Waals surface area contributed by atoms with Crippen molar-refractivity contribution < 1.29 is 4.79 Å². The summed E-state index contributed by atoms with van der Waals surface area (Å²) >= 11 is 3.26. The molecule has 0 amide bonds. The largest absolute Gasteiger partial charge is 0.325 e. The Hall–Kier alpha value is -4.22. The van der Waals surface area contributed by atoms with Crippen LogP contribution in [-0.2, 0) is 19.3 Å². The zero-order chi connectivity index (χ0) is 26.1. The maximum Gasteiger partial charge on any atom is 0.197 e. The van der Waals surface area contributed by atoms with Crippen LogP contribution in [-0.4, -0.2) is 53.9 Å². The second kappa shape index (κ2) is 10.3. The second-order valence-corrected chi connectivity index (χ2v) is 10.8. The first-order valence-electron chi connectivity index (χ1n) is 11.9. The molecule has 190 valence electrons. The Morgan fingerprint density at radius 3 is 2.89 bits per heavy atom. The summed E-state index contributed by atoms with van der Waals surface area (Å²) in [5.41, 5.74) is 5.13. The van der Waals surface area contributed by atoms with Crippen LogP contribution in [0, 0.1) is 0 Å². The van der Waals surface area contributed by atoms with Crippen molar-refractivity contribution in [1.82, 2.24) is 34.3 Å². The van der Waals surface area contributed by atoms with Crippen molar-refractivity contribution in [2.75, 3.05) is 7.05 Å². The number of aromatic nitrogens is 6. The number of thioether (sulfide) groups is 1. The molecular weight excluding hydrogens is 516 g/mol. The van der Waals surface area contributed by atoms with Gasteiger partial charge in [0, 0.05) is 41.9 Å². The van der Waals surface area contributed by atoms with Crippen LogP contribution in [0.5, 0.6) is 0 Å². The van der Waals surface area contributed by atoms with Gasteiger partial charge in [-0.25, -0.2) is 9.97 Å². The van der Waals surface area contributed by atoms with Gasteiger partial charge in [0.1, 0.15) is 6.33 Å². The van der Waals surface area contributed by atoms with Crippen molar-refractivity contribution in [3.8, 4) is 5.13 Å². The molecule has 6 aromatic rings. The molecule has 11 heteroatoms. The van der Waals surface area contributed by atoms with Crippen LogP contribution in [0.4, 0.5) is 0 Å². The highest BCUT2D eigenvalue weighted by Crippen LogP contribution is 2.31. The lowest BCUT2D eigenvalue weighted by molar-refractivity contribution is 0.111. The van der Waals surface area contributed by atoms with Gasteiger partial charge in [-0.3, -0.25) is 19.5 Å². The number of aromatic amines is 1. The van der Waals surface area contributed by atoms with E-state index in [1.807, 2.05) is 71.0 Å². The third kappa shape index (κ3) is 4.61. The van der Waals surface area contributed by atoms with Gasteiger partial charge in [-0.1, -0.05) is 41.7 Å². The van der Waals surface area contributed by atoms with E-state index < -0.39 is 0 Å². The number of carbonyl (C=O) groups excluding carboxylic acids is 1. The number of hydrogen-bond acceptors (Lipinski definition) is 8. The average molecular weight is 541 g/mol. The molecule has 0 saturated heterocycles. The molecule has 38 heavy (non-hydrogen) atoms. The first-order chi connectivity index (χ1) is 18.6. The first-order valence-corrected chi connectivity index (χ1v) is 13.7. The fraction of sp³-hybridized carbons (Fsp3) is 0.148. The number of fused-ring (bicyclic) bond motifs is 2. The third-order valence-electron chi connectivity index (χ3n) is 6.25. The fourth-order valence-electron chi connectivity index (χ4n) is 4.32. The lowest BCUT2D eigenvalue weighted by Gasteiger charge is -2.13. The van der Waals surface area contributed by atoms with Crippen molar-refractivity contribution >= 4 is 56.8 Å². The van der Waals surface area contributed by atoms with Gasteiger partial charge in [-0.15, -0.1) is 11.8 Å². The van der Waals surface area contributed by atoms with E-state index in [1.54, 1.807) is 24.3 Å². The normalized spacial score (nSPS) is 11.7. The molecule has 0 aliphatic rings. The summed E-state index contributed by atoms with van der Waals surface area (Å²) in [7, 11) is 3.76. The van der Waals surface area contributed by atoms with Gasteiger partial charge in [-0.05, 0) is 23.8 Å². The first kappa shape index (κ1) is 24.1. The molecule has 1 N–H and O–H groups in total. The summed E-state index contributed by atoms with van der Waals surface area (Å²) in [6.45, 7) is 0.604. The number of benzene rings is 2. The van der Waals surface area contributed by atoms with Crippen molar-refractivity contribution in [3.63, 3.8) is 0 Å². The quantitative estimate of drug-likeness (QED) is 0.116. The maximum absolute atomic E-state index is 12.0. The number of aryl methyl sites for hydroxylation is 1. The van der Waals surface area contributed by atoms with Crippen LogP contribution in [0.15, 0.2) is 77.2 Å². The minimum absolute atomic E-state index is 0.546. The van der Waals surface area contributed by atoms with E-state index in [0.717, 1.165) is 55.2 Å². The van der Waals surface area contributed by atoms with Crippen LogP contribution in [0.2, 0.25) is 0 Å². The molecule has 9 nitrogen and oxygen atoms in total. The van der Waals surface area contributed by atoms with Gasteiger partial charge in [0.15, 0.2) is 17.1 Å². The molecular formula is C27H24N8OS2. The molecule has 0 aliphatic heterocycles. The molecule has 2 aromatic carbocycles. The molecule has 6 rings (SSSR count). The van der Waals surface area contributed by atoms with Gasteiger partial charge < -0.3 is 4.57 Å². The number of thiazole rings is 1. The summed E-state index contributed by atoms with van der Waals surface area (Å²) in [5, 5.41) is 15.5. The molecule has 0 saturated carbocycles. The molecule has 0 unspecified atom stereocenters. The molecule has 0 radical (unpaired) electrons. The monoisotopic (exact) mass is 540 g/mol. The van der Waals surface area contributed by atoms with E-state index >= 15 is 0 Å². The van der Waals surface area contributed by atoms with E-state index in [1.165, 1.54) is 16.2 Å². The fourth-order valence-corrected chi connectivity index (χ4v) is 6.19. The molecule has 0 atom stereocenters. The average Bonchev–Trinajstić information content (AvgIpc) is 3.72. The Morgan fingerprint density at radius 1 is 1.18 bits per heavy atom. The van der Waals surface area contributed by atoms with Crippen molar-refractivity contribution in [1.29, 1.82) is 0 Å². The number of carbonyl (C=O) groups is 1. The highest BCUT2D eigenvalue weighted by molar-refractivity contribution is 7.98. The van der Waals surface area contributed by atoms with Crippen LogP contribution in [0.25, 0.3) is 26.4 Å². The Kier molecular flexibility index (Phi) is 6.52. The minimum atomic E-state index is 0.546. The predicted molar refractivity (Wildman–Crippen MR) is 152 cm³/mol. The van der Waals surface area contributed by atoms with E-state index in [-0.39, 0.29) is 0 Å². The van der Waals surface area contributed by atoms with Crippen LogP contribution in [0.3, 0.4) is 0 Å². The number of imidazole rings is 1. The zero-order valence-corrected chi connectivity index (χ0v) is 22.4. The highest BCUT2D eigenvalue weighted by Gasteiger charge is 2.19. The molecule has 4 aromatic heterocycles. The smallest absolute Gasteiger partial charge is 0.197 e. The van der Waals surface area contributed by atoms with Crippen molar-refractivity contribution in [2.24, 2.45) is 12.1 Å². The van der Waals surface area contributed by atoms with Gasteiger partial charge in [0.25, 0.3) is 0 Å². The van der Waals surface area contributed by atoms with Crippen molar-refractivity contribution in [2.45, 2.75) is 17.2 Å². The van der Waals surface area contributed by atoms with Gasteiger partial charge in [-0.2, -0.15) is 10.2 Å². The lowest BCUT2D eigenvalue weighted by atomic mass is 10.1. The summed E-state index contributed by atoms with van der Waals surface area (Å²) in [4.78, 5) is 22.6. The van der Waals surface area contributed by atoms with Gasteiger partial charge >= 0.3 is 0 Å². The predicted octanol–water partition coefficient (Wildman–Crippen LogP) is 5.27. The number of nitrogens with zero attached hydrogens (tertiary/aromatic N) is 7. The minimum Gasteiger partial charge on any atom is -0.325 e. The van der Waals surface area contributed by atoms with E-state index in [2.05, 4.69) is 38.5 Å². The van der Waals surface area contributed by atoms with E-state index in [9.17, 15) is 4.79 Å². The number of aldehydes is 1. The highest BCUT2D eigenvalue weighted by atomic mass is 32.2. The number of hydrazone groups is 1. The molecule has 0 aliphatic carbocycles. The Morgan fingerprint density at radius 2 is 2.05 bits per heavy atom. The topological polar surface area (TPSA) is 97.0 Å². The molecule has 4 heterocycles. The molecule has 0 spiro atoms. The summed E-state index contributed by atoms with van der Waals surface area (Å²) in [6.07, 6.45) is 8.23. The van der Waals surface area contributed by atoms with Gasteiger partial charge in [0.05, 0.1) is 40.6 Å². The number of hydrogen-bond donors (Lipinski definition) is 1. The van der Waals surface area contributed by atoms with Crippen LogP contribution < -0.4 is 0 Å². The Labute approximate surface area is 226 Å². The van der Waals surface area contributed by atoms with Crippen LogP contribution in [0.1, 0.15) is 27.3 Å². The Bertz CT molecular complexity index is 1760. The second-order valence-electron chi connectivity index (χ2n) is 8.81. The summed E-state index contributed by atoms with van der Waals surface area (Å²) in [6, 6.07) is 16.3. The standard InChI is InChI=1S/C27H24N8OS2/c1-33(13-18-7-6-10-23-21(18)11-29-32-23)30-12-22-24(15-36)34(2)26-25(22)38-27(31-26)35-14-19(28-17-35)16-37-20-8-4-3-5-9-20/h3-12,14-15,17H,13,16H2,1-2H3,(H,29,32)/b30-12-. The third-order valence-corrected chi connectivity index (χ3v) is 8.39. The lowest BCUT2D eigenvalue weighted by Crippen LogP contribution is -2.11. The number of rotatable bonds is 9. The Balaban J connectivity index is 1.24. The number of H-pyrrole nitrogens is 1. The summed E-state index contributed by atoms with van der Waals surface area (Å²) in [5.74, 6) is 0.772. The van der Waals surface area contributed by atoms with Crippen LogP contribution >= 0.6 is 23.1 Å². The van der Waals surface area contributed by atoms with Gasteiger partial charge in [0.2, 0.25) is 0 Å². The number of nitrogens with one attached hydrogen (secondary N) is 1. The van der Waals surface area contributed by atoms with Crippen molar-refractivity contribution in [3.05, 3.63) is 89.8 Å². The SMILES string of the molecule is CN(Cc1cccc2[nH]ncc12)/N=C\c1c(C=O)n(C)c2nc(-n3cnc(CSc4ccccc4)c3)sc12. The van der Waals surface area contributed by atoms with E-state index in [4.69, 9.17) is 4.98 Å². The zero-order valence-electron chi connectivity index (χ0n) is 20.8.